The molecule has 0 radical (unpaired) electrons. The minimum Gasteiger partial charge on any atom is -0.474 e. The Labute approximate surface area is 191 Å². The van der Waals surface area contributed by atoms with Crippen molar-refractivity contribution in [3.8, 4) is 5.75 Å². The molecule has 3 aromatic carbocycles. The molecule has 0 aromatic heterocycles. The zero-order valence-electron chi connectivity index (χ0n) is 18.0. The van der Waals surface area contributed by atoms with Crippen LogP contribution in [0.5, 0.6) is 5.75 Å². The van der Waals surface area contributed by atoms with Crippen LogP contribution in [0.2, 0.25) is 0 Å². The van der Waals surface area contributed by atoms with E-state index in [9.17, 15) is 23.3 Å². The molecule has 0 unspecified atom stereocenters. The fourth-order valence-electron chi connectivity index (χ4n) is 3.12. The fraction of sp³-hybridized carbons (Fsp3) is 0.174. The zero-order valence-corrected chi connectivity index (χ0v) is 18.9. The lowest BCUT2D eigenvalue weighted by atomic mass is 10.2. The van der Waals surface area contributed by atoms with Gasteiger partial charge in [-0.15, -0.1) is 0 Å². The molecule has 0 aliphatic heterocycles. The minimum absolute atomic E-state index is 0.0211. The van der Waals surface area contributed by atoms with E-state index in [4.69, 9.17) is 4.74 Å². The Bertz CT molecular complexity index is 1230. The van der Waals surface area contributed by atoms with E-state index in [0.717, 1.165) is 0 Å². The summed E-state index contributed by atoms with van der Waals surface area (Å²) in [4.78, 5) is 23.1. The molecule has 0 heterocycles. The highest BCUT2D eigenvalue weighted by molar-refractivity contribution is 7.92. The SMILES string of the molecule is CCN(c1ccccc1)S(=O)(=O)c1ccc(NC(=O)[C@H](C)Oc2ccccc2[N+](=O)[O-])cc1. The number of nitro benzene ring substituents is 1. The van der Waals surface area contributed by atoms with Crippen LogP contribution in [-0.4, -0.2) is 31.9 Å². The van der Waals surface area contributed by atoms with Gasteiger partial charge >= 0.3 is 5.69 Å². The van der Waals surface area contributed by atoms with Crippen LogP contribution in [0, 0.1) is 10.1 Å². The predicted molar refractivity (Wildman–Crippen MR) is 125 cm³/mol. The Morgan fingerprint density at radius 1 is 1.03 bits per heavy atom. The second kappa shape index (κ2) is 10.1. The molecule has 1 N–H and O–H groups in total. The van der Waals surface area contributed by atoms with Crippen molar-refractivity contribution in [1.82, 2.24) is 0 Å². The van der Waals surface area contributed by atoms with E-state index in [2.05, 4.69) is 5.32 Å². The summed E-state index contributed by atoms with van der Waals surface area (Å²) in [7, 11) is -3.79. The van der Waals surface area contributed by atoms with E-state index in [1.54, 1.807) is 37.3 Å². The molecular weight excluding hydrogens is 446 g/mol. The summed E-state index contributed by atoms with van der Waals surface area (Å²) in [5.41, 5.74) is 0.670. The van der Waals surface area contributed by atoms with Crippen molar-refractivity contribution in [1.29, 1.82) is 0 Å². The van der Waals surface area contributed by atoms with E-state index < -0.39 is 27.0 Å². The average Bonchev–Trinajstić information content (AvgIpc) is 2.80. The number of rotatable bonds is 9. The van der Waals surface area contributed by atoms with Gasteiger partial charge in [0.25, 0.3) is 15.9 Å². The van der Waals surface area contributed by atoms with E-state index in [0.29, 0.717) is 11.4 Å². The molecule has 0 aliphatic carbocycles. The van der Waals surface area contributed by atoms with Crippen LogP contribution < -0.4 is 14.4 Å². The van der Waals surface area contributed by atoms with E-state index >= 15 is 0 Å². The van der Waals surface area contributed by atoms with E-state index in [1.807, 2.05) is 6.07 Å². The van der Waals surface area contributed by atoms with Gasteiger partial charge in [0.05, 0.1) is 15.5 Å². The van der Waals surface area contributed by atoms with Crippen molar-refractivity contribution in [2.75, 3.05) is 16.2 Å². The first-order valence-electron chi connectivity index (χ1n) is 10.1. The number of nitro groups is 1. The Kier molecular flexibility index (Phi) is 7.29. The number of nitrogens with zero attached hydrogens (tertiary/aromatic N) is 2. The Balaban J connectivity index is 1.71. The van der Waals surface area contributed by atoms with Crippen molar-refractivity contribution in [3.05, 3.63) is 89.0 Å². The topological polar surface area (TPSA) is 119 Å². The summed E-state index contributed by atoms with van der Waals surface area (Å²) in [5, 5.41) is 13.7. The molecule has 0 saturated heterocycles. The molecule has 0 spiro atoms. The molecule has 1 atom stereocenters. The molecule has 0 aliphatic rings. The number of amides is 1. The van der Waals surface area contributed by atoms with Crippen LogP contribution in [0.3, 0.4) is 0 Å². The number of ether oxygens (including phenoxy) is 1. The van der Waals surface area contributed by atoms with Crippen LogP contribution in [0.15, 0.2) is 83.8 Å². The third-order valence-electron chi connectivity index (χ3n) is 4.78. The monoisotopic (exact) mass is 469 g/mol. The van der Waals surface area contributed by atoms with Gasteiger partial charge in [0, 0.05) is 18.3 Å². The number of carbonyl (C=O) groups is 1. The molecule has 0 fully saturated rings. The Hall–Kier alpha value is -3.92. The summed E-state index contributed by atoms with van der Waals surface area (Å²) >= 11 is 0. The standard InChI is InChI=1S/C23H23N3O6S/c1-3-25(19-9-5-4-6-10-19)33(30,31)20-15-13-18(14-16-20)24-23(27)17(2)32-22-12-8-7-11-21(22)26(28)29/h4-17H,3H2,1-2H3,(H,24,27)/t17-/m0/s1. The molecule has 172 valence electrons. The first-order chi connectivity index (χ1) is 15.7. The van der Waals surface area contributed by atoms with Crippen LogP contribution in [0.4, 0.5) is 17.1 Å². The van der Waals surface area contributed by atoms with Crippen LogP contribution in [0.1, 0.15) is 13.8 Å². The van der Waals surface area contributed by atoms with Crippen molar-refractivity contribution >= 4 is 33.0 Å². The predicted octanol–water partition coefficient (Wildman–Crippen LogP) is 4.22. The first-order valence-corrected chi connectivity index (χ1v) is 11.6. The Morgan fingerprint density at radius 2 is 1.64 bits per heavy atom. The maximum absolute atomic E-state index is 13.1. The van der Waals surface area contributed by atoms with Crippen LogP contribution >= 0.6 is 0 Å². The summed E-state index contributed by atoms with van der Waals surface area (Å²) in [6.45, 7) is 3.47. The molecule has 10 heteroatoms. The highest BCUT2D eigenvalue weighted by Crippen LogP contribution is 2.27. The summed E-state index contributed by atoms with van der Waals surface area (Å²) in [6, 6.07) is 20.3. The highest BCUT2D eigenvalue weighted by atomic mass is 32.2. The minimum atomic E-state index is -3.79. The zero-order chi connectivity index (χ0) is 24.0. The van der Waals surface area contributed by atoms with Crippen molar-refractivity contribution in [2.24, 2.45) is 0 Å². The third-order valence-corrected chi connectivity index (χ3v) is 6.69. The first kappa shape index (κ1) is 23.7. The van der Waals surface area contributed by atoms with Gasteiger partial charge in [-0.25, -0.2) is 8.42 Å². The molecule has 0 bridgehead atoms. The third kappa shape index (κ3) is 5.47. The summed E-state index contributed by atoms with van der Waals surface area (Å²) in [5.74, 6) is -0.560. The van der Waals surface area contributed by atoms with E-state index in [1.165, 1.54) is 53.7 Å². The lowest BCUT2D eigenvalue weighted by molar-refractivity contribution is -0.386. The van der Waals surface area contributed by atoms with Crippen molar-refractivity contribution < 1.29 is 22.9 Å². The largest absolute Gasteiger partial charge is 0.474 e. The lowest BCUT2D eigenvalue weighted by Gasteiger charge is -2.23. The lowest BCUT2D eigenvalue weighted by Crippen LogP contribution is -2.31. The molecule has 3 rings (SSSR count). The van der Waals surface area contributed by atoms with Gasteiger partial charge < -0.3 is 10.1 Å². The fourth-order valence-corrected chi connectivity index (χ4v) is 4.59. The van der Waals surface area contributed by atoms with Crippen LogP contribution in [-0.2, 0) is 14.8 Å². The molecule has 3 aromatic rings. The molecule has 0 saturated carbocycles. The van der Waals surface area contributed by atoms with Gasteiger partial charge in [-0.3, -0.25) is 19.2 Å². The molecular formula is C23H23N3O6S. The molecule has 1 amide bonds. The smallest absolute Gasteiger partial charge is 0.310 e. The number of benzene rings is 3. The number of sulfonamides is 1. The Morgan fingerprint density at radius 3 is 2.24 bits per heavy atom. The van der Waals surface area contributed by atoms with Gasteiger partial charge in [0.15, 0.2) is 11.9 Å². The number of nitrogens with one attached hydrogen (secondary N) is 1. The summed E-state index contributed by atoms with van der Waals surface area (Å²) < 4.78 is 32.9. The van der Waals surface area contributed by atoms with Gasteiger partial charge in [0.1, 0.15) is 0 Å². The van der Waals surface area contributed by atoms with Crippen molar-refractivity contribution in [2.45, 2.75) is 24.8 Å². The van der Waals surface area contributed by atoms with Crippen LogP contribution in [0.25, 0.3) is 0 Å². The van der Waals surface area contributed by atoms with Gasteiger partial charge in [-0.2, -0.15) is 0 Å². The number of para-hydroxylation sites is 3. The normalized spacial score (nSPS) is 11.9. The molecule has 33 heavy (non-hydrogen) atoms. The molecule has 9 nitrogen and oxygen atoms in total. The highest BCUT2D eigenvalue weighted by Gasteiger charge is 2.24. The second-order valence-electron chi connectivity index (χ2n) is 7.00. The number of carbonyl (C=O) groups excluding carboxylic acids is 1. The number of hydrogen-bond acceptors (Lipinski definition) is 6. The maximum Gasteiger partial charge on any atom is 0.310 e. The quantitative estimate of drug-likeness (QED) is 0.370. The second-order valence-corrected chi connectivity index (χ2v) is 8.87. The van der Waals surface area contributed by atoms with E-state index in [-0.39, 0.29) is 22.9 Å². The van der Waals surface area contributed by atoms with Gasteiger partial charge in [0.2, 0.25) is 0 Å². The van der Waals surface area contributed by atoms with Gasteiger partial charge in [-0.05, 0) is 56.3 Å². The summed E-state index contributed by atoms with van der Waals surface area (Å²) in [6.07, 6.45) is -1.02. The van der Waals surface area contributed by atoms with Gasteiger partial charge in [-0.1, -0.05) is 30.3 Å². The maximum atomic E-state index is 13.1. The average molecular weight is 470 g/mol. The number of hydrogen-bond donors (Lipinski definition) is 1. The van der Waals surface area contributed by atoms with Crippen molar-refractivity contribution in [3.63, 3.8) is 0 Å². The number of anilines is 2.